The number of carbonyl (C=O) groups excluding carboxylic acids is 1. The predicted octanol–water partition coefficient (Wildman–Crippen LogP) is 1.85. The van der Waals surface area contributed by atoms with Gasteiger partial charge in [-0.15, -0.1) is 6.58 Å². The van der Waals surface area contributed by atoms with E-state index in [0.29, 0.717) is 17.7 Å². The van der Waals surface area contributed by atoms with Gasteiger partial charge in [-0.25, -0.2) is 0 Å². The van der Waals surface area contributed by atoms with Crippen molar-refractivity contribution in [3.8, 4) is 5.75 Å². The molecule has 0 spiro atoms. The second-order valence-electron chi connectivity index (χ2n) is 2.53. The van der Waals surface area contributed by atoms with Gasteiger partial charge in [-0.2, -0.15) is 0 Å². The van der Waals surface area contributed by atoms with Crippen molar-refractivity contribution in [3.05, 3.63) is 36.7 Å². The number of nitrogens with zero attached hydrogens (tertiary/aromatic N) is 1. The number of methoxy groups -OCH3 is 1. The summed E-state index contributed by atoms with van der Waals surface area (Å²) >= 11 is 0. The lowest BCUT2D eigenvalue weighted by Gasteiger charge is -2.00. The second kappa shape index (κ2) is 4.40. The molecule has 0 saturated carbocycles. The molecular formula is C10H11NO2. The van der Waals surface area contributed by atoms with Gasteiger partial charge in [-0.05, 0) is 6.07 Å². The van der Waals surface area contributed by atoms with Crippen LogP contribution in [0.4, 0.5) is 0 Å². The molecule has 0 aliphatic heterocycles. The lowest BCUT2D eigenvalue weighted by Crippen LogP contribution is -1.98. The normalized spacial score (nSPS) is 9.31. The van der Waals surface area contributed by atoms with E-state index in [0.717, 1.165) is 0 Å². The highest BCUT2D eigenvalue weighted by Gasteiger charge is 2.04. The first kappa shape index (κ1) is 9.45. The van der Waals surface area contributed by atoms with Gasteiger partial charge in [-0.3, -0.25) is 9.78 Å². The molecule has 0 aromatic carbocycles. The number of hydrogen-bond acceptors (Lipinski definition) is 3. The highest BCUT2D eigenvalue weighted by Crippen LogP contribution is 2.11. The van der Waals surface area contributed by atoms with Crippen LogP contribution < -0.4 is 4.74 Å². The standard InChI is InChI=1S/C10H11NO2/c1-3-4-10(12)8-5-9(13-2)7-11-6-8/h3,5-7H,1,4H2,2H3. The van der Waals surface area contributed by atoms with Gasteiger partial charge in [0.1, 0.15) is 5.75 Å². The van der Waals surface area contributed by atoms with E-state index in [1.807, 2.05) is 0 Å². The van der Waals surface area contributed by atoms with Crippen LogP contribution in [0, 0.1) is 0 Å². The summed E-state index contributed by atoms with van der Waals surface area (Å²) in [5.41, 5.74) is 0.555. The highest BCUT2D eigenvalue weighted by molar-refractivity contribution is 5.96. The van der Waals surface area contributed by atoms with Crippen molar-refractivity contribution >= 4 is 5.78 Å². The zero-order valence-electron chi connectivity index (χ0n) is 7.49. The molecule has 0 bridgehead atoms. The maximum atomic E-state index is 11.3. The molecule has 0 aliphatic carbocycles. The monoisotopic (exact) mass is 177 g/mol. The molecule has 0 amide bonds. The van der Waals surface area contributed by atoms with Crippen LogP contribution in [0.1, 0.15) is 16.8 Å². The fourth-order valence-electron chi connectivity index (χ4n) is 0.932. The van der Waals surface area contributed by atoms with Gasteiger partial charge >= 0.3 is 0 Å². The SMILES string of the molecule is C=CCC(=O)c1cncc(OC)c1. The summed E-state index contributed by atoms with van der Waals surface area (Å²) in [6.07, 6.45) is 4.98. The van der Waals surface area contributed by atoms with Gasteiger partial charge in [-0.1, -0.05) is 6.08 Å². The molecular weight excluding hydrogens is 166 g/mol. The fourth-order valence-corrected chi connectivity index (χ4v) is 0.932. The van der Waals surface area contributed by atoms with Gasteiger partial charge in [0, 0.05) is 18.2 Å². The number of allylic oxidation sites excluding steroid dienone is 1. The van der Waals surface area contributed by atoms with Crippen LogP contribution in [0.2, 0.25) is 0 Å². The Morgan fingerprint density at radius 3 is 3.08 bits per heavy atom. The van der Waals surface area contributed by atoms with E-state index in [-0.39, 0.29) is 5.78 Å². The maximum absolute atomic E-state index is 11.3. The van der Waals surface area contributed by atoms with Crippen molar-refractivity contribution < 1.29 is 9.53 Å². The van der Waals surface area contributed by atoms with Crippen LogP contribution in [-0.2, 0) is 0 Å². The molecule has 0 saturated heterocycles. The number of Topliss-reactive ketones (excluding diaryl/α,β-unsaturated/α-hetero) is 1. The average molecular weight is 177 g/mol. The Morgan fingerprint density at radius 2 is 2.46 bits per heavy atom. The molecule has 1 aromatic heterocycles. The Labute approximate surface area is 77.1 Å². The first-order chi connectivity index (χ1) is 6.27. The molecule has 0 radical (unpaired) electrons. The Balaban J connectivity index is 2.87. The number of ketones is 1. The summed E-state index contributed by atoms with van der Waals surface area (Å²) in [6, 6.07) is 1.67. The van der Waals surface area contributed by atoms with Gasteiger partial charge in [0.15, 0.2) is 5.78 Å². The van der Waals surface area contributed by atoms with E-state index in [1.54, 1.807) is 25.4 Å². The number of aromatic nitrogens is 1. The summed E-state index contributed by atoms with van der Waals surface area (Å²) in [5.74, 6) is 0.594. The summed E-state index contributed by atoms with van der Waals surface area (Å²) in [4.78, 5) is 15.2. The maximum Gasteiger partial charge on any atom is 0.168 e. The molecule has 3 nitrogen and oxygen atoms in total. The minimum absolute atomic E-state index is 0.00130. The predicted molar refractivity (Wildman–Crippen MR) is 49.9 cm³/mol. The van der Waals surface area contributed by atoms with Crippen LogP contribution >= 0.6 is 0 Å². The van der Waals surface area contributed by atoms with Crippen LogP contribution in [0.25, 0.3) is 0 Å². The first-order valence-electron chi connectivity index (χ1n) is 3.91. The van der Waals surface area contributed by atoms with E-state index in [1.165, 1.54) is 6.20 Å². The minimum Gasteiger partial charge on any atom is -0.495 e. The van der Waals surface area contributed by atoms with Crippen molar-refractivity contribution in [2.24, 2.45) is 0 Å². The quantitative estimate of drug-likeness (QED) is 0.520. The summed E-state index contributed by atoms with van der Waals surface area (Å²) in [7, 11) is 1.54. The fraction of sp³-hybridized carbons (Fsp3) is 0.200. The van der Waals surface area contributed by atoms with Gasteiger partial charge in [0.25, 0.3) is 0 Å². The number of pyridine rings is 1. The molecule has 68 valence electrons. The molecule has 1 aromatic rings. The van der Waals surface area contributed by atoms with Crippen LogP contribution in [-0.4, -0.2) is 17.9 Å². The summed E-state index contributed by atoms with van der Waals surface area (Å²) in [6.45, 7) is 3.50. The van der Waals surface area contributed by atoms with Crippen molar-refractivity contribution in [1.29, 1.82) is 0 Å². The van der Waals surface area contributed by atoms with Crippen LogP contribution in [0.5, 0.6) is 5.75 Å². The average Bonchev–Trinajstić information content (AvgIpc) is 2.18. The Hall–Kier alpha value is -1.64. The number of hydrogen-bond donors (Lipinski definition) is 0. The molecule has 13 heavy (non-hydrogen) atoms. The zero-order chi connectivity index (χ0) is 9.68. The van der Waals surface area contributed by atoms with Crippen molar-refractivity contribution in [2.45, 2.75) is 6.42 Å². The first-order valence-corrected chi connectivity index (χ1v) is 3.91. The van der Waals surface area contributed by atoms with E-state index in [2.05, 4.69) is 11.6 Å². The van der Waals surface area contributed by atoms with E-state index in [9.17, 15) is 4.79 Å². The van der Waals surface area contributed by atoms with E-state index < -0.39 is 0 Å². The van der Waals surface area contributed by atoms with Crippen molar-refractivity contribution in [2.75, 3.05) is 7.11 Å². The Bertz CT molecular complexity index is 320. The molecule has 0 aliphatic rings. The molecule has 1 rings (SSSR count). The van der Waals surface area contributed by atoms with Crippen molar-refractivity contribution in [3.63, 3.8) is 0 Å². The molecule has 3 heteroatoms. The zero-order valence-corrected chi connectivity index (χ0v) is 7.49. The molecule has 0 N–H and O–H groups in total. The summed E-state index contributed by atoms with van der Waals surface area (Å²) in [5, 5.41) is 0. The molecule has 0 unspecified atom stereocenters. The third kappa shape index (κ3) is 2.40. The summed E-state index contributed by atoms with van der Waals surface area (Å²) < 4.78 is 4.94. The van der Waals surface area contributed by atoms with Crippen LogP contribution in [0.3, 0.4) is 0 Å². The van der Waals surface area contributed by atoms with Crippen molar-refractivity contribution in [1.82, 2.24) is 4.98 Å². The van der Waals surface area contributed by atoms with E-state index >= 15 is 0 Å². The van der Waals surface area contributed by atoms with Gasteiger partial charge < -0.3 is 4.74 Å². The van der Waals surface area contributed by atoms with Gasteiger partial charge in [0.05, 0.1) is 13.3 Å². The van der Waals surface area contributed by atoms with Gasteiger partial charge in [0.2, 0.25) is 0 Å². The Kier molecular flexibility index (Phi) is 3.20. The molecule has 0 fully saturated rings. The molecule has 1 heterocycles. The molecule has 0 atom stereocenters. The minimum atomic E-state index is 0.00130. The smallest absolute Gasteiger partial charge is 0.168 e. The largest absolute Gasteiger partial charge is 0.495 e. The topological polar surface area (TPSA) is 39.2 Å². The third-order valence-electron chi connectivity index (χ3n) is 1.60. The lowest BCUT2D eigenvalue weighted by molar-refractivity contribution is 0.0995. The third-order valence-corrected chi connectivity index (χ3v) is 1.60. The number of rotatable bonds is 4. The van der Waals surface area contributed by atoms with Crippen LogP contribution in [0.15, 0.2) is 31.1 Å². The number of carbonyl (C=O) groups is 1. The second-order valence-corrected chi connectivity index (χ2v) is 2.53. The lowest BCUT2D eigenvalue weighted by atomic mass is 10.1. The van der Waals surface area contributed by atoms with E-state index in [4.69, 9.17) is 4.74 Å². The highest BCUT2D eigenvalue weighted by atomic mass is 16.5. The number of ether oxygens (including phenoxy) is 1. The Morgan fingerprint density at radius 1 is 1.69 bits per heavy atom.